The van der Waals surface area contributed by atoms with Crippen LogP contribution in [0.4, 0.5) is 5.82 Å². The lowest BCUT2D eigenvalue weighted by atomic mass is 10.4. The fourth-order valence-electron chi connectivity index (χ4n) is 2.59. The third kappa shape index (κ3) is 2.77. The first-order valence-corrected chi connectivity index (χ1v) is 8.25. The highest BCUT2D eigenvalue weighted by Gasteiger charge is 2.24. The molecule has 1 aliphatic heterocycles. The van der Waals surface area contributed by atoms with Crippen LogP contribution in [-0.2, 0) is 0 Å². The van der Waals surface area contributed by atoms with Crippen molar-refractivity contribution in [3.05, 3.63) is 10.4 Å². The molecule has 0 N–H and O–H groups in total. The molecular weight excluding hydrogens is 325 g/mol. The maximum Gasteiger partial charge on any atom is 0.254 e. The second-order valence-corrected chi connectivity index (χ2v) is 6.45. The molecule has 0 atom stereocenters. The van der Waals surface area contributed by atoms with E-state index in [1.807, 2.05) is 0 Å². The normalized spacial score (nSPS) is 18.2. The Morgan fingerprint density at radius 3 is 2.55 bits per heavy atom. The van der Waals surface area contributed by atoms with E-state index in [1.54, 1.807) is 0 Å². The SMILES string of the molecule is Clc1nc(N2CCCC2)c2nc(Cl)c(OCC3CC3)nc2n1. The second kappa shape index (κ2) is 5.66. The Morgan fingerprint density at radius 2 is 1.82 bits per heavy atom. The molecule has 0 unspecified atom stereocenters. The summed E-state index contributed by atoms with van der Waals surface area (Å²) in [4.78, 5) is 19.4. The van der Waals surface area contributed by atoms with Gasteiger partial charge in [0.25, 0.3) is 5.88 Å². The number of hydrogen-bond acceptors (Lipinski definition) is 6. The van der Waals surface area contributed by atoms with E-state index in [0.717, 1.165) is 25.9 Å². The maximum atomic E-state index is 6.22. The minimum Gasteiger partial charge on any atom is -0.475 e. The molecular formula is C14H15Cl2N5O. The van der Waals surface area contributed by atoms with E-state index in [2.05, 4.69) is 24.8 Å². The van der Waals surface area contributed by atoms with Crippen molar-refractivity contribution in [2.24, 2.45) is 5.92 Å². The summed E-state index contributed by atoms with van der Waals surface area (Å²) < 4.78 is 5.65. The van der Waals surface area contributed by atoms with Crippen LogP contribution in [0.25, 0.3) is 11.2 Å². The number of halogens is 2. The number of nitrogens with zero attached hydrogens (tertiary/aromatic N) is 5. The zero-order chi connectivity index (χ0) is 15.1. The molecule has 1 aliphatic carbocycles. The summed E-state index contributed by atoms with van der Waals surface area (Å²) in [5.41, 5.74) is 1.01. The number of fused-ring (bicyclic) bond motifs is 1. The van der Waals surface area contributed by atoms with Crippen LogP contribution in [0, 0.1) is 5.92 Å². The maximum absolute atomic E-state index is 6.22. The number of hydrogen-bond donors (Lipinski definition) is 0. The van der Waals surface area contributed by atoms with Gasteiger partial charge in [0.1, 0.15) is 0 Å². The van der Waals surface area contributed by atoms with Crippen LogP contribution in [0.2, 0.25) is 10.4 Å². The highest BCUT2D eigenvalue weighted by molar-refractivity contribution is 6.31. The molecule has 0 amide bonds. The molecule has 0 spiro atoms. The minimum absolute atomic E-state index is 0.166. The van der Waals surface area contributed by atoms with E-state index < -0.39 is 0 Å². The van der Waals surface area contributed by atoms with E-state index >= 15 is 0 Å². The molecule has 1 saturated heterocycles. The van der Waals surface area contributed by atoms with E-state index in [1.165, 1.54) is 12.8 Å². The van der Waals surface area contributed by atoms with E-state index in [9.17, 15) is 0 Å². The lowest BCUT2D eigenvalue weighted by Crippen LogP contribution is -2.20. The summed E-state index contributed by atoms with van der Waals surface area (Å²) in [6, 6.07) is 0. The number of ether oxygens (including phenoxy) is 1. The molecule has 6 nitrogen and oxygen atoms in total. The summed E-state index contributed by atoms with van der Waals surface area (Å²) in [7, 11) is 0. The topological polar surface area (TPSA) is 64.0 Å². The first-order valence-electron chi connectivity index (χ1n) is 7.49. The smallest absolute Gasteiger partial charge is 0.254 e. The Morgan fingerprint density at radius 1 is 1.05 bits per heavy atom. The van der Waals surface area contributed by atoms with Gasteiger partial charge >= 0.3 is 0 Å². The highest BCUT2D eigenvalue weighted by atomic mass is 35.5. The van der Waals surface area contributed by atoms with Crippen molar-refractivity contribution in [2.75, 3.05) is 24.6 Å². The third-order valence-corrected chi connectivity index (χ3v) is 4.39. The summed E-state index contributed by atoms with van der Waals surface area (Å²) in [6.45, 7) is 2.49. The Hall–Kier alpha value is -1.40. The summed E-state index contributed by atoms with van der Waals surface area (Å²) in [5, 5.41) is 0.415. The van der Waals surface area contributed by atoms with Crippen molar-refractivity contribution in [3.8, 4) is 5.88 Å². The molecule has 2 fully saturated rings. The fourth-order valence-corrected chi connectivity index (χ4v) is 2.94. The van der Waals surface area contributed by atoms with Gasteiger partial charge in [0.05, 0.1) is 6.61 Å². The molecule has 2 aromatic rings. The summed E-state index contributed by atoms with van der Waals surface area (Å²) >= 11 is 12.3. The lowest BCUT2D eigenvalue weighted by molar-refractivity contribution is 0.288. The van der Waals surface area contributed by atoms with Crippen molar-refractivity contribution in [1.29, 1.82) is 0 Å². The van der Waals surface area contributed by atoms with Gasteiger partial charge in [0.15, 0.2) is 22.1 Å². The predicted octanol–water partition coefficient (Wildman–Crippen LogP) is 3.12. The van der Waals surface area contributed by atoms with E-state index in [-0.39, 0.29) is 10.4 Å². The zero-order valence-electron chi connectivity index (χ0n) is 11.9. The van der Waals surface area contributed by atoms with Gasteiger partial charge in [-0.25, -0.2) is 4.98 Å². The summed E-state index contributed by atoms with van der Waals surface area (Å²) in [5.74, 6) is 1.64. The van der Waals surface area contributed by atoms with Crippen LogP contribution in [0.5, 0.6) is 5.88 Å². The molecule has 8 heteroatoms. The minimum atomic E-state index is 0.166. The Kier molecular flexibility index (Phi) is 3.66. The Labute approximate surface area is 137 Å². The van der Waals surface area contributed by atoms with Crippen LogP contribution in [0.1, 0.15) is 25.7 Å². The third-order valence-electron chi connectivity index (χ3n) is 3.97. The van der Waals surface area contributed by atoms with Crippen LogP contribution in [0.15, 0.2) is 0 Å². The monoisotopic (exact) mass is 339 g/mol. The fraction of sp³-hybridized carbons (Fsp3) is 0.571. The highest BCUT2D eigenvalue weighted by Crippen LogP contribution is 2.33. The van der Waals surface area contributed by atoms with Gasteiger partial charge in [-0.3, -0.25) is 0 Å². The van der Waals surface area contributed by atoms with E-state index in [0.29, 0.717) is 35.4 Å². The number of aromatic nitrogens is 4. The Bertz CT molecular complexity index is 716. The molecule has 0 radical (unpaired) electrons. The van der Waals surface area contributed by atoms with Gasteiger partial charge in [-0.15, -0.1) is 0 Å². The van der Waals surface area contributed by atoms with Crippen molar-refractivity contribution < 1.29 is 4.74 Å². The molecule has 22 heavy (non-hydrogen) atoms. The van der Waals surface area contributed by atoms with Crippen molar-refractivity contribution in [2.45, 2.75) is 25.7 Å². The zero-order valence-corrected chi connectivity index (χ0v) is 13.4. The van der Waals surface area contributed by atoms with Crippen molar-refractivity contribution in [3.63, 3.8) is 0 Å². The van der Waals surface area contributed by atoms with Crippen LogP contribution < -0.4 is 9.64 Å². The molecule has 0 bridgehead atoms. The summed E-state index contributed by atoms with van der Waals surface area (Å²) in [6.07, 6.45) is 4.66. The predicted molar refractivity (Wildman–Crippen MR) is 84.8 cm³/mol. The van der Waals surface area contributed by atoms with Crippen molar-refractivity contribution in [1.82, 2.24) is 19.9 Å². The van der Waals surface area contributed by atoms with Crippen LogP contribution >= 0.6 is 23.2 Å². The molecule has 3 heterocycles. The average molecular weight is 340 g/mol. The van der Waals surface area contributed by atoms with Gasteiger partial charge in [-0.05, 0) is 43.2 Å². The first-order chi connectivity index (χ1) is 10.7. The number of rotatable bonds is 4. The van der Waals surface area contributed by atoms with Gasteiger partial charge in [-0.1, -0.05) is 11.6 Å². The van der Waals surface area contributed by atoms with E-state index in [4.69, 9.17) is 27.9 Å². The quantitative estimate of drug-likeness (QED) is 0.797. The molecule has 1 saturated carbocycles. The first kappa shape index (κ1) is 14.2. The molecule has 0 aromatic carbocycles. The Balaban J connectivity index is 1.75. The van der Waals surface area contributed by atoms with Gasteiger partial charge in [0, 0.05) is 13.1 Å². The van der Waals surface area contributed by atoms with Crippen LogP contribution in [-0.4, -0.2) is 39.6 Å². The molecule has 2 aromatic heterocycles. The lowest BCUT2D eigenvalue weighted by Gasteiger charge is -2.17. The molecule has 2 aliphatic rings. The average Bonchev–Trinajstić information content (AvgIpc) is 3.16. The van der Waals surface area contributed by atoms with Crippen molar-refractivity contribution >= 4 is 40.2 Å². The van der Waals surface area contributed by atoms with Gasteiger partial charge in [0.2, 0.25) is 5.28 Å². The molecule has 4 rings (SSSR count). The second-order valence-electron chi connectivity index (χ2n) is 5.76. The van der Waals surface area contributed by atoms with Gasteiger partial charge in [-0.2, -0.15) is 15.0 Å². The molecule has 116 valence electrons. The number of anilines is 1. The standard InChI is InChI=1S/C14H15Cl2N5O/c15-10-13(22-7-8-3-4-8)18-11-9(17-10)12(20-14(16)19-11)21-5-1-2-6-21/h8H,1-7H2. The largest absolute Gasteiger partial charge is 0.475 e. The van der Waals surface area contributed by atoms with Crippen LogP contribution in [0.3, 0.4) is 0 Å². The van der Waals surface area contributed by atoms with Gasteiger partial charge < -0.3 is 9.64 Å².